The van der Waals surface area contributed by atoms with Crippen molar-refractivity contribution < 1.29 is 4.42 Å². The third-order valence-corrected chi connectivity index (χ3v) is 15.4. The normalized spacial score (nSPS) is 14.4. The quantitative estimate of drug-likeness (QED) is 0.129. The molecule has 0 aliphatic carbocycles. The summed E-state index contributed by atoms with van der Waals surface area (Å²) in [5.41, 5.74) is 18.7. The van der Waals surface area contributed by atoms with Crippen LogP contribution in [-0.2, 0) is 27.1 Å². The SMILES string of the molecule is CCC(C)(C)c1ccc(N2c3cc(C(C)(C)CC)cc4c3B(c3cc(C(C)(C)CC)ccc3N4c3ccc(C(C)(C)C)cc3)c3oc4cc(C(C)(C)CC)ccc4c32)cc1. The van der Waals surface area contributed by atoms with Gasteiger partial charge in [0.15, 0.2) is 0 Å². The Hall–Kier alpha value is -4.70. The highest BCUT2D eigenvalue weighted by Gasteiger charge is 2.48. The molecule has 2 aliphatic rings. The monoisotopic (exact) mass is 797 g/mol. The fourth-order valence-corrected chi connectivity index (χ4v) is 9.25. The Balaban J connectivity index is 1.51. The zero-order valence-electron chi connectivity index (χ0n) is 39.4. The van der Waals surface area contributed by atoms with Crippen molar-refractivity contribution in [3.8, 4) is 0 Å². The third kappa shape index (κ3) is 6.72. The van der Waals surface area contributed by atoms with Crippen molar-refractivity contribution >= 4 is 68.4 Å². The molecule has 0 atom stereocenters. The molecule has 0 spiro atoms. The highest BCUT2D eigenvalue weighted by Crippen LogP contribution is 2.50. The van der Waals surface area contributed by atoms with Gasteiger partial charge in [-0.2, -0.15) is 0 Å². The summed E-state index contributed by atoms with van der Waals surface area (Å²) in [6, 6.07) is 38.2. The molecule has 5 aromatic carbocycles. The van der Waals surface area contributed by atoms with Crippen molar-refractivity contribution in [2.75, 3.05) is 9.80 Å². The lowest BCUT2D eigenvalue weighted by Gasteiger charge is -2.44. The molecule has 0 saturated carbocycles. The van der Waals surface area contributed by atoms with Crippen LogP contribution in [0.3, 0.4) is 0 Å². The van der Waals surface area contributed by atoms with E-state index in [0.29, 0.717) is 0 Å². The molecule has 2 aliphatic heterocycles. The standard InChI is InChI=1S/C56H69BN2O/c1-16-53(8,9)37-22-28-42(29-23-37)59-47-34-40(56(14,15)19-4)33-46-49(47)57(51-50(59)43-30-24-39(35-48(43)60-51)55(12,13)18-3)44-32-38(54(10,11)17-2)25-31-45(44)58(46)41-26-20-36(21-27-41)52(5,6)7/h20-35H,16-19H2,1-15H3. The molecule has 6 aromatic rings. The zero-order chi connectivity index (χ0) is 43.3. The van der Waals surface area contributed by atoms with E-state index in [1.807, 2.05) is 0 Å². The van der Waals surface area contributed by atoms with Gasteiger partial charge in [-0.1, -0.05) is 146 Å². The second-order valence-corrected chi connectivity index (χ2v) is 21.6. The number of furan rings is 1. The molecule has 0 bridgehead atoms. The molecule has 3 heterocycles. The number of nitrogens with zero attached hydrogens (tertiary/aromatic N) is 2. The van der Waals surface area contributed by atoms with E-state index in [1.165, 1.54) is 61.5 Å². The van der Waals surface area contributed by atoms with Crippen LogP contribution in [0, 0.1) is 0 Å². The minimum Gasteiger partial charge on any atom is -0.468 e. The number of anilines is 6. The Kier molecular flexibility index (Phi) is 10.1. The fourth-order valence-electron chi connectivity index (χ4n) is 9.25. The molecule has 312 valence electrons. The number of hydrogen-bond acceptors (Lipinski definition) is 3. The van der Waals surface area contributed by atoms with Crippen LogP contribution in [0.2, 0.25) is 0 Å². The van der Waals surface area contributed by atoms with Crippen LogP contribution in [0.5, 0.6) is 0 Å². The van der Waals surface area contributed by atoms with Crippen LogP contribution in [-0.4, -0.2) is 6.71 Å². The van der Waals surface area contributed by atoms with Crippen LogP contribution >= 0.6 is 0 Å². The van der Waals surface area contributed by atoms with Gasteiger partial charge < -0.3 is 14.2 Å². The molecule has 60 heavy (non-hydrogen) atoms. The van der Waals surface area contributed by atoms with Gasteiger partial charge in [-0.15, -0.1) is 0 Å². The predicted octanol–water partition coefficient (Wildman–Crippen LogP) is 14.6. The Morgan fingerprint density at radius 2 is 0.900 bits per heavy atom. The Labute approximate surface area is 362 Å². The molecule has 0 N–H and O–H groups in total. The van der Waals surface area contributed by atoms with E-state index in [4.69, 9.17) is 4.42 Å². The van der Waals surface area contributed by atoms with Crippen LogP contribution < -0.4 is 26.4 Å². The molecule has 0 fully saturated rings. The van der Waals surface area contributed by atoms with Gasteiger partial charge in [-0.25, -0.2) is 0 Å². The van der Waals surface area contributed by atoms with Crippen molar-refractivity contribution in [1.29, 1.82) is 0 Å². The van der Waals surface area contributed by atoms with E-state index in [0.717, 1.165) is 53.7 Å². The Morgan fingerprint density at radius 3 is 1.45 bits per heavy atom. The second-order valence-electron chi connectivity index (χ2n) is 21.6. The lowest BCUT2D eigenvalue weighted by atomic mass is 9.35. The molecule has 1 aromatic heterocycles. The molecule has 0 unspecified atom stereocenters. The van der Waals surface area contributed by atoms with Gasteiger partial charge in [0.2, 0.25) is 0 Å². The first-order valence-electron chi connectivity index (χ1n) is 22.9. The summed E-state index contributed by atoms with van der Waals surface area (Å²) >= 11 is 0. The van der Waals surface area contributed by atoms with Crippen molar-refractivity contribution in [3.63, 3.8) is 0 Å². The van der Waals surface area contributed by atoms with E-state index in [9.17, 15) is 0 Å². The van der Waals surface area contributed by atoms with E-state index in [2.05, 4.69) is 211 Å². The van der Waals surface area contributed by atoms with Crippen molar-refractivity contribution in [1.82, 2.24) is 0 Å². The van der Waals surface area contributed by atoms with Crippen LogP contribution in [0.25, 0.3) is 11.0 Å². The van der Waals surface area contributed by atoms with E-state index >= 15 is 0 Å². The maximum absolute atomic E-state index is 7.43. The minimum absolute atomic E-state index is 0.0123. The van der Waals surface area contributed by atoms with Crippen LogP contribution in [0.15, 0.2) is 101 Å². The van der Waals surface area contributed by atoms with E-state index in [-0.39, 0.29) is 33.8 Å². The first-order valence-corrected chi connectivity index (χ1v) is 22.9. The number of fused-ring (bicyclic) bond motifs is 6. The first kappa shape index (κ1) is 42.0. The molecule has 0 saturated heterocycles. The van der Waals surface area contributed by atoms with Gasteiger partial charge in [0.25, 0.3) is 6.71 Å². The first-order chi connectivity index (χ1) is 28.2. The Morgan fingerprint density at radius 1 is 0.450 bits per heavy atom. The van der Waals surface area contributed by atoms with Gasteiger partial charge >= 0.3 is 0 Å². The molecular formula is C56H69BN2O. The predicted molar refractivity (Wildman–Crippen MR) is 262 cm³/mol. The molecule has 4 heteroatoms. The molecule has 0 amide bonds. The summed E-state index contributed by atoms with van der Waals surface area (Å²) < 4.78 is 7.43. The van der Waals surface area contributed by atoms with E-state index < -0.39 is 0 Å². The molecule has 0 radical (unpaired) electrons. The highest BCUT2D eigenvalue weighted by molar-refractivity contribution is 7.00. The number of rotatable bonds is 10. The summed E-state index contributed by atoms with van der Waals surface area (Å²) in [5.74, 6) is 0. The third-order valence-electron chi connectivity index (χ3n) is 15.4. The van der Waals surface area contributed by atoms with E-state index in [1.54, 1.807) is 0 Å². The smallest absolute Gasteiger partial charge is 0.297 e. The zero-order valence-corrected chi connectivity index (χ0v) is 39.4. The van der Waals surface area contributed by atoms with Gasteiger partial charge in [0.05, 0.1) is 11.3 Å². The van der Waals surface area contributed by atoms with Gasteiger partial charge in [-0.05, 0) is 146 Å². The summed E-state index contributed by atoms with van der Waals surface area (Å²) in [6.45, 7) is 35.0. The highest BCUT2D eigenvalue weighted by atomic mass is 16.3. The Bertz CT molecular complexity index is 2580. The molecule has 8 rings (SSSR count). The maximum atomic E-state index is 7.43. The van der Waals surface area contributed by atoms with Crippen molar-refractivity contribution in [2.24, 2.45) is 0 Å². The molecular weight excluding hydrogens is 727 g/mol. The number of hydrogen-bond donors (Lipinski definition) is 0. The van der Waals surface area contributed by atoms with Crippen LogP contribution in [0.1, 0.15) is 157 Å². The number of benzene rings is 5. The lowest BCUT2D eigenvalue weighted by molar-refractivity contribution is 0.505. The largest absolute Gasteiger partial charge is 0.468 e. The van der Waals surface area contributed by atoms with Crippen molar-refractivity contribution in [3.05, 3.63) is 125 Å². The summed E-state index contributed by atoms with van der Waals surface area (Å²) in [4.78, 5) is 5.13. The van der Waals surface area contributed by atoms with Crippen molar-refractivity contribution in [2.45, 2.75) is 157 Å². The topological polar surface area (TPSA) is 19.6 Å². The van der Waals surface area contributed by atoms with Crippen LogP contribution in [0.4, 0.5) is 34.1 Å². The second kappa shape index (κ2) is 14.5. The average Bonchev–Trinajstić information content (AvgIpc) is 3.61. The van der Waals surface area contributed by atoms with Gasteiger partial charge in [-0.3, -0.25) is 0 Å². The van der Waals surface area contributed by atoms with Gasteiger partial charge in [0, 0.05) is 33.8 Å². The average molecular weight is 797 g/mol. The fraction of sp³-hybridized carbons (Fsp3) is 0.429. The lowest BCUT2D eigenvalue weighted by Crippen LogP contribution is -2.61. The minimum atomic E-state index is -0.0962. The summed E-state index contributed by atoms with van der Waals surface area (Å²) in [6.07, 6.45) is 4.21. The maximum Gasteiger partial charge on any atom is 0.297 e. The van der Waals surface area contributed by atoms with Gasteiger partial charge in [0.1, 0.15) is 5.58 Å². The molecule has 3 nitrogen and oxygen atoms in total. The summed E-state index contributed by atoms with van der Waals surface area (Å²) in [7, 11) is 0. The summed E-state index contributed by atoms with van der Waals surface area (Å²) in [5, 5.41) is 1.16.